The van der Waals surface area contributed by atoms with Crippen LogP contribution in [-0.2, 0) is 20.7 Å². The largest absolute Gasteiger partial charge is 0.489 e. The quantitative estimate of drug-likeness (QED) is 0.410. The molecule has 1 amide bonds. The van der Waals surface area contributed by atoms with Crippen molar-refractivity contribution in [2.45, 2.75) is 51.2 Å². The van der Waals surface area contributed by atoms with Gasteiger partial charge in [-0.1, -0.05) is 36.4 Å². The third kappa shape index (κ3) is 6.59. The van der Waals surface area contributed by atoms with E-state index in [0.717, 1.165) is 28.3 Å². The molecule has 0 aromatic heterocycles. The average molecular weight is 501 g/mol. The highest BCUT2D eigenvalue weighted by atomic mass is 16.6. The predicted molar refractivity (Wildman–Crippen MR) is 140 cm³/mol. The Morgan fingerprint density at radius 2 is 1.78 bits per heavy atom. The summed E-state index contributed by atoms with van der Waals surface area (Å²) in [7, 11) is 1.39. The standard InChI is InChI=1S/C30H32N2O5/c1-30(2,3)37-29(34)32-14-13-26(19-32)36-25-11-9-23(10-12-25)27(28(33)35-4)17-20-5-7-22-8-6-21(18-31)16-24(22)15-20/h5-12,15-16,26-27H,13-14,17,19H2,1-4H3/t26-,27-/m0/s1. The number of nitrogens with zero attached hydrogens (tertiary/aromatic N) is 2. The molecular formula is C30H32N2O5. The van der Waals surface area contributed by atoms with Crippen molar-refractivity contribution in [1.29, 1.82) is 5.26 Å². The second-order valence-corrected chi connectivity index (χ2v) is 10.3. The van der Waals surface area contributed by atoms with Crippen molar-refractivity contribution < 1.29 is 23.8 Å². The fraction of sp³-hybridized carbons (Fsp3) is 0.367. The first-order valence-corrected chi connectivity index (χ1v) is 12.4. The molecule has 1 fully saturated rings. The van der Waals surface area contributed by atoms with Gasteiger partial charge in [0.1, 0.15) is 17.5 Å². The summed E-state index contributed by atoms with van der Waals surface area (Å²) in [5, 5.41) is 11.2. The monoisotopic (exact) mass is 500 g/mol. The van der Waals surface area contributed by atoms with Crippen LogP contribution < -0.4 is 4.74 Å². The van der Waals surface area contributed by atoms with Crippen LogP contribution in [0.2, 0.25) is 0 Å². The number of hydrogen-bond acceptors (Lipinski definition) is 6. The third-order valence-corrected chi connectivity index (χ3v) is 6.34. The number of hydrogen-bond donors (Lipinski definition) is 0. The smallest absolute Gasteiger partial charge is 0.410 e. The maximum absolute atomic E-state index is 12.7. The summed E-state index contributed by atoms with van der Waals surface area (Å²) in [4.78, 5) is 26.7. The molecule has 3 aromatic carbocycles. The van der Waals surface area contributed by atoms with Crippen molar-refractivity contribution in [2.75, 3.05) is 20.2 Å². The first-order chi connectivity index (χ1) is 17.6. The van der Waals surface area contributed by atoms with Gasteiger partial charge in [0.15, 0.2) is 0 Å². The summed E-state index contributed by atoms with van der Waals surface area (Å²) >= 11 is 0. The molecule has 0 bridgehead atoms. The number of nitriles is 1. The lowest BCUT2D eigenvalue weighted by molar-refractivity contribution is -0.142. The topological polar surface area (TPSA) is 88.9 Å². The van der Waals surface area contributed by atoms with Gasteiger partial charge in [-0.05, 0) is 73.4 Å². The molecule has 0 spiro atoms. The lowest BCUT2D eigenvalue weighted by Gasteiger charge is -2.24. The van der Waals surface area contributed by atoms with Crippen molar-refractivity contribution in [2.24, 2.45) is 0 Å². The van der Waals surface area contributed by atoms with E-state index in [0.29, 0.717) is 30.8 Å². The molecule has 7 heteroatoms. The minimum atomic E-state index is -0.533. The number of fused-ring (bicyclic) bond motifs is 1. The molecule has 1 saturated heterocycles. The minimum absolute atomic E-state index is 0.120. The van der Waals surface area contributed by atoms with Crippen LogP contribution in [0.25, 0.3) is 10.8 Å². The molecule has 1 heterocycles. The molecule has 7 nitrogen and oxygen atoms in total. The second kappa shape index (κ2) is 10.9. The van der Waals surface area contributed by atoms with Crippen molar-refractivity contribution in [1.82, 2.24) is 4.90 Å². The van der Waals surface area contributed by atoms with Gasteiger partial charge in [0.25, 0.3) is 0 Å². The van der Waals surface area contributed by atoms with E-state index in [2.05, 4.69) is 6.07 Å². The highest BCUT2D eigenvalue weighted by Gasteiger charge is 2.31. The average Bonchev–Trinajstić information content (AvgIpc) is 3.34. The normalized spacial score (nSPS) is 16.2. The van der Waals surface area contributed by atoms with Gasteiger partial charge >= 0.3 is 12.1 Å². The number of carbonyl (C=O) groups excluding carboxylic acids is 2. The Morgan fingerprint density at radius 3 is 2.46 bits per heavy atom. The van der Waals surface area contributed by atoms with Crippen LogP contribution >= 0.6 is 0 Å². The van der Waals surface area contributed by atoms with Crippen LogP contribution in [0.15, 0.2) is 60.7 Å². The summed E-state index contributed by atoms with van der Waals surface area (Å²) in [6.07, 6.45) is 0.743. The van der Waals surface area contributed by atoms with Crippen LogP contribution in [-0.4, -0.2) is 48.9 Å². The number of esters is 1. The van der Waals surface area contributed by atoms with Crippen molar-refractivity contribution >= 4 is 22.8 Å². The van der Waals surface area contributed by atoms with Gasteiger partial charge in [-0.3, -0.25) is 4.79 Å². The number of carbonyl (C=O) groups is 2. The van der Waals surface area contributed by atoms with E-state index in [4.69, 9.17) is 14.2 Å². The van der Waals surface area contributed by atoms with E-state index in [1.807, 2.05) is 75.4 Å². The lowest BCUT2D eigenvalue weighted by atomic mass is 9.91. The summed E-state index contributed by atoms with van der Waals surface area (Å²) in [6, 6.07) is 21.2. The van der Waals surface area contributed by atoms with Gasteiger partial charge in [-0.15, -0.1) is 0 Å². The summed E-state index contributed by atoms with van der Waals surface area (Å²) in [5.41, 5.74) is 1.87. The molecule has 37 heavy (non-hydrogen) atoms. The maximum Gasteiger partial charge on any atom is 0.410 e. The highest BCUT2D eigenvalue weighted by molar-refractivity contribution is 5.85. The van der Waals surface area contributed by atoms with Gasteiger partial charge < -0.3 is 19.1 Å². The zero-order valence-corrected chi connectivity index (χ0v) is 21.7. The number of benzene rings is 3. The van der Waals surface area contributed by atoms with Gasteiger partial charge in [0.05, 0.1) is 31.2 Å². The molecule has 1 aliphatic heterocycles. The molecule has 0 unspecified atom stereocenters. The van der Waals surface area contributed by atoms with Crippen molar-refractivity contribution in [3.05, 3.63) is 77.4 Å². The minimum Gasteiger partial charge on any atom is -0.489 e. The fourth-order valence-electron chi connectivity index (χ4n) is 4.50. The Balaban J connectivity index is 1.44. The van der Waals surface area contributed by atoms with Crippen LogP contribution in [0.1, 0.15) is 49.8 Å². The Kier molecular flexibility index (Phi) is 7.68. The second-order valence-electron chi connectivity index (χ2n) is 10.3. The number of likely N-dealkylation sites (tertiary alicyclic amines) is 1. The highest BCUT2D eigenvalue weighted by Crippen LogP contribution is 2.28. The summed E-state index contributed by atoms with van der Waals surface area (Å²) in [5.74, 6) is -0.119. The zero-order chi connectivity index (χ0) is 26.6. The molecule has 0 N–H and O–H groups in total. The fourth-order valence-corrected chi connectivity index (χ4v) is 4.50. The first kappa shape index (κ1) is 26.0. The summed E-state index contributed by atoms with van der Waals surface area (Å²) in [6.45, 7) is 6.61. The first-order valence-electron chi connectivity index (χ1n) is 12.4. The van der Waals surface area contributed by atoms with Crippen LogP contribution in [0, 0.1) is 11.3 Å². The molecule has 3 aromatic rings. The van der Waals surface area contributed by atoms with Crippen LogP contribution in [0.3, 0.4) is 0 Å². The number of rotatable bonds is 6. The van der Waals surface area contributed by atoms with E-state index in [-0.39, 0.29) is 18.2 Å². The Labute approximate surface area is 217 Å². The molecule has 0 radical (unpaired) electrons. The predicted octanol–water partition coefficient (Wildman–Crippen LogP) is 5.60. The maximum atomic E-state index is 12.7. The Bertz CT molecular complexity index is 1320. The van der Waals surface area contributed by atoms with Gasteiger partial charge in [0, 0.05) is 13.0 Å². The number of methoxy groups -OCH3 is 1. The molecule has 0 aliphatic carbocycles. The van der Waals surface area contributed by atoms with Gasteiger partial charge in [-0.25, -0.2) is 4.79 Å². The lowest BCUT2D eigenvalue weighted by Crippen LogP contribution is -2.36. The SMILES string of the molecule is COC(=O)[C@@H](Cc1ccc2ccc(C#N)cc2c1)c1ccc(O[C@H]2CCN(C(=O)OC(C)(C)C)C2)cc1. The third-order valence-electron chi connectivity index (χ3n) is 6.34. The van der Waals surface area contributed by atoms with Crippen LogP contribution in [0.5, 0.6) is 5.75 Å². The van der Waals surface area contributed by atoms with Crippen molar-refractivity contribution in [3.8, 4) is 11.8 Å². The van der Waals surface area contributed by atoms with Gasteiger partial charge in [0.2, 0.25) is 0 Å². The van der Waals surface area contributed by atoms with Gasteiger partial charge in [-0.2, -0.15) is 5.26 Å². The molecule has 192 valence electrons. The summed E-state index contributed by atoms with van der Waals surface area (Å²) < 4.78 is 16.7. The van der Waals surface area contributed by atoms with Crippen molar-refractivity contribution in [3.63, 3.8) is 0 Å². The molecule has 1 aliphatic rings. The van der Waals surface area contributed by atoms with E-state index in [1.165, 1.54) is 7.11 Å². The zero-order valence-electron chi connectivity index (χ0n) is 21.7. The molecular weight excluding hydrogens is 468 g/mol. The van der Waals surface area contributed by atoms with Crippen LogP contribution in [0.4, 0.5) is 4.79 Å². The van der Waals surface area contributed by atoms with E-state index < -0.39 is 11.5 Å². The number of ether oxygens (including phenoxy) is 3. The molecule has 2 atom stereocenters. The number of amides is 1. The molecule has 0 saturated carbocycles. The van der Waals surface area contributed by atoms with E-state index in [1.54, 1.807) is 11.0 Å². The Morgan fingerprint density at radius 1 is 1.05 bits per heavy atom. The molecule has 4 rings (SSSR count). The Hall–Kier alpha value is -4.05. The van der Waals surface area contributed by atoms with E-state index in [9.17, 15) is 14.9 Å². The van der Waals surface area contributed by atoms with E-state index >= 15 is 0 Å².